The first-order valence-corrected chi connectivity index (χ1v) is 12.0. The number of halogens is 3. The molecule has 8 nitrogen and oxygen atoms in total. The Balaban J connectivity index is 1.55. The van der Waals surface area contributed by atoms with Crippen LogP contribution in [0.15, 0.2) is 47.4 Å². The topological polar surface area (TPSA) is 105 Å². The van der Waals surface area contributed by atoms with E-state index >= 15 is 0 Å². The highest BCUT2D eigenvalue weighted by atomic mass is 32.2. The zero-order valence-electron chi connectivity index (χ0n) is 18.3. The molecule has 2 N–H and O–H groups in total. The summed E-state index contributed by atoms with van der Waals surface area (Å²) in [7, 11) is -4.04. The van der Waals surface area contributed by atoms with Crippen LogP contribution < -0.4 is 14.8 Å². The summed E-state index contributed by atoms with van der Waals surface area (Å²) in [4.78, 5) is 26.5. The van der Waals surface area contributed by atoms with Gasteiger partial charge in [0, 0.05) is 37.3 Å². The van der Waals surface area contributed by atoms with E-state index in [0.717, 1.165) is 37.1 Å². The molecule has 1 fully saturated rings. The van der Waals surface area contributed by atoms with Crippen LogP contribution in [0.25, 0.3) is 0 Å². The number of anilines is 1. The molecule has 1 heterocycles. The number of likely N-dealkylation sites (tertiary alicyclic amines) is 1. The van der Waals surface area contributed by atoms with E-state index in [2.05, 4.69) is 14.8 Å². The van der Waals surface area contributed by atoms with Gasteiger partial charge in [0.15, 0.2) is 0 Å². The minimum atomic E-state index is -4.88. The molecule has 1 aliphatic heterocycles. The van der Waals surface area contributed by atoms with E-state index in [-0.39, 0.29) is 23.8 Å². The fraction of sp³-hybridized carbons (Fsp3) is 0.364. The van der Waals surface area contributed by atoms with Gasteiger partial charge in [-0.3, -0.25) is 9.59 Å². The Hall–Kier alpha value is -3.12. The van der Waals surface area contributed by atoms with Gasteiger partial charge in [0.05, 0.1) is 4.90 Å². The van der Waals surface area contributed by atoms with Crippen LogP contribution in [0.2, 0.25) is 0 Å². The summed E-state index contributed by atoms with van der Waals surface area (Å²) < 4.78 is 67.2. The van der Waals surface area contributed by atoms with Crippen LogP contribution in [0.4, 0.5) is 18.9 Å². The van der Waals surface area contributed by atoms with Crippen LogP contribution in [0.5, 0.6) is 5.75 Å². The van der Waals surface area contributed by atoms with Crippen molar-refractivity contribution in [3.05, 3.63) is 53.6 Å². The van der Waals surface area contributed by atoms with Crippen molar-refractivity contribution in [3.63, 3.8) is 0 Å². The maximum atomic E-state index is 12.7. The lowest BCUT2D eigenvalue weighted by Crippen LogP contribution is -2.29. The number of ether oxygens (including phenoxy) is 1. The second-order valence-corrected chi connectivity index (χ2v) is 9.46. The number of benzene rings is 2. The summed E-state index contributed by atoms with van der Waals surface area (Å²) in [6, 6.07) is 8.72. The van der Waals surface area contributed by atoms with Gasteiger partial charge in [0.1, 0.15) is 5.75 Å². The van der Waals surface area contributed by atoms with Gasteiger partial charge in [-0.05, 0) is 61.7 Å². The molecule has 0 radical (unpaired) electrons. The van der Waals surface area contributed by atoms with Gasteiger partial charge in [-0.15, -0.1) is 13.2 Å². The molecule has 0 aromatic heterocycles. The van der Waals surface area contributed by atoms with Crippen molar-refractivity contribution >= 4 is 27.5 Å². The number of alkyl halides is 3. The van der Waals surface area contributed by atoms with E-state index < -0.39 is 28.0 Å². The van der Waals surface area contributed by atoms with Gasteiger partial charge in [-0.1, -0.05) is 6.07 Å². The molecule has 0 unspecified atom stereocenters. The van der Waals surface area contributed by atoms with Crippen molar-refractivity contribution in [2.24, 2.45) is 0 Å². The van der Waals surface area contributed by atoms with E-state index in [4.69, 9.17) is 0 Å². The summed E-state index contributed by atoms with van der Waals surface area (Å²) in [5.41, 5.74) is 1.58. The molecule has 0 saturated carbocycles. The number of hydrogen-bond acceptors (Lipinski definition) is 5. The van der Waals surface area contributed by atoms with Crippen molar-refractivity contribution in [1.82, 2.24) is 9.62 Å². The Morgan fingerprint density at radius 3 is 2.32 bits per heavy atom. The van der Waals surface area contributed by atoms with Crippen LogP contribution in [-0.4, -0.2) is 51.1 Å². The maximum absolute atomic E-state index is 12.7. The smallest absolute Gasteiger partial charge is 0.406 e. The lowest BCUT2D eigenvalue weighted by atomic mass is 10.1. The van der Waals surface area contributed by atoms with Crippen molar-refractivity contribution in [1.29, 1.82) is 0 Å². The van der Waals surface area contributed by atoms with Crippen molar-refractivity contribution in [3.8, 4) is 5.75 Å². The zero-order chi connectivity index (χ0) is 24.9. The van der Waals surface area contributed by atoms with E-state index in [1.807, 2.05) is 0 Å². The third kappa shape index (κ3) is 6.70. The molecule has 0 aliphatic carbocycles. The quantitative estimate of drug-likeness (QED) is 0.579. The third-order valence-corrected chi connectivity index (χ3v) is 6.72. The predicted octanol–water partition coefficient (Wildman–Crippen LogP) is 3.44. The number of sulfonamides is 1. The average Bonchev–Trinajstić information content (AvgIpc) is 3.29. The number of amides is 2. The molecule has 0 atom stereocenters. The Bertz CT molecular complexity index is 1150. The van der Waals surface area contributed by atoms with E-state index in [1.165, 1.54) is 0 Å². The standard InChI is InChI=1S/C22H24F3N3O5S/c1-15-18(21(30)28-13-2-3-14-28)5-4-6-19(15)27-20(29)11-12-26-34(31,32)17-9-7-16(8-10-17)33-22(23,24)25/h4-10,26H,2-3,11-14H2,1H3,(H,27,29). The molecule has 2 aromatic carbocycles. The summed E-state index contributed by atoms with van der Waals surface area (Å²) in [6.07, 6.45) is -3.16. The molecular formula is C22H24F3N3O5S. The number of rotatable bonds is 8. The highest BCUT2D eigenvalue weighted by molar-refractivity contribution is 7.89. The summed E-state index contributed by atoms with van der Waals surface area (Å²) >= 11 is 0. The third-order valence-electron chi connectivity index (χ3n) is 5.24. The Labute approximate surface area is 195 Å². The van der Waals surface area contributed by atoms with Gasteiger partial charge >= 0.3 is 6.36 Å². The van der Waals surface area contributed by atoms with Crippen molar-refractivity contribution < 1.29 is 35.9 Å². The molecular weight excluding hydrogens is 475 g/mol. The zero-order valence-corrected chi connectivity index (χ0v) is 19.1. The van der Waals surface area contributed by atoms with Gasteiger partial charge in [0.25, 0.3) is 5.91 Å². The van der Waals surface area contributed by atoms with Crippen LogP contribution >= 0.6 is 0 Å². The van der Waals surface area contributed by atoms with Crippen LogP contribution in [0, 0.1) is 6.92 Å². The van der Waals surface area contributed by atoms with E-state index in [1.54, 1.807) is 30.0 Å². The van der Waals surface area contributed by atoms with Gasteiger partial charge < -0.3 is 15.0 Å². The SMILES string of the molecule is Cc1c(NC(=O)CCNS(=O)(=O)c2ccc(OC(F)(F)F)cc2)cccc1C(=O)N1CCCC1. The van der Waals surface area contributed by atoms with Crippen LogP contribution in [0.1, 0.15) is 35.2 Å². The van der Waals surface area contributed by atoms with Gasteiger partial charge in [0.2, 0.25) is 15.9 Å². The summed E-state index contributed by atoms with van der Waals surface area (Å²) in [6.45, 7) is 2.90. The van der Waals surface area contributed by atoms with Gasteiger partial charge in [-0.25, -0.2) is 13.1 Å². The fourth-order valence-electron chi connectivity index (χ4n) is 3.51. The minimum absolute atomic E-state index is 0.0921. The summed E-state index contributed by atoms with van der Waals surface area (Å²) in [5, 5.41) is 2.68. The van der Waals surface area contributed by atoms with Crippen LogP contribution in [0.3, 0.4) is 0 Å². The largest absolute Gasteiger partial charge is 0.573 e. The lowest BCUT2D eigenvalue weighted by molar-refractivity contribution is -0.274. The number of carbonyl (C=O) groups excluding carboxylic acids is 2. The van der Waals surface area contributed by atoms with E-state index in [9.17, 15) is 31.2 Å². The molecule has 1 saturated heterocycles. The van der Waals surface area contributed by atoms with Crippen molar-refractivity contribution in [2.75, 3.05) is 25.0 Å². The predicted molar refractivity (Wildman–Crippen MR) is 118 cm³/mol. The second-order valence-electron chi connectivity index (χ2n) is 7.69. The summed E-state index contributed by atoms with van der Waals surface area (Å²) in [5.74, 6) is -1.11. The molecule has 12 heteroatoms. The number of hydrogen-bond donors (Lipinski definition) is 2. The van der Waals surface area contributed by atoms with Crippen molar-refractivity contribution in [2.45, 2.75) is 37.4 Å². The highest BCUT2D eigenvalue weighted by Gasteiger charge is 2.31. The Morgan fingerprint density at radius 2 is 1.71 bits per heavy atom. The molecule has 1 aliphatic rings. The molecule has 0 bridgehead atoms. The number of nitrogens with one attached hydrogen (secondary N) is 2. The average molecular weight is 500 g/mol. The van der Waals surface area contributed by atoms with Gasteiger partial charge in [-0.2, -0.15) is 0 Å². The number of carbonyl (C=O) groups is 2. The molecule has 184 valence electrons. The fourth-order valence-corrected chi connectivity index (χ4v) is 4.54. The monoisotopic (exact) mass is 499 g/mol. The number of nitrogens with zero attached hydrogens (tertiary/aromatic N) is 1. The highest BCUT2D eigenvalue weighted by Crippen LogP contribution is 2.24. The first kappa shape index (κ1) is 25.5. The van der Waals surface area contributed by atoms with Crippen LogP contribution in [-0.2, 0) is 14.8 Å². The normalized spacial score (nSPS) is 14.2. The molecule has 0 spiro atoms. The molecule has 2 aromatic rings. The van der Waals surface area contributed by atoms with E-state index in [0.29, 0.717) is 29.9 Å². The second kappa shape index (κ2) is 10.4. The molecule has 3 rings (SSSR count). The Kier molecular flexibility index (Phi) is 7.82. The lowest BCUT2D eigenvalue weighted by Gasteiger charge is -2.18. The molecule has 2 amide bonds. The first-order chi connectivity index (χ1) is 16.0. The maximum Gasteiger partial charge on any atom is 0.573 e. The molecule has 34 heavy (non-hydrogen) atoms. The Morgan fingerprint density at radius 1 is 1.06 bits per heavy atom. The minimum Gasteiger partial charge on any atom is -0.406 e. The first-order valence-electron chi connectivity index (χ1n) is 10.5.